The van der Waals surface area contributed by atoms with Gasteiger partial charge in [-0.05, 0) is 52.0 Å². The van der Waals surface area contributed by atoms with Gasteiger partial charge in [0.05, 0.1) is 6.20 Å². The summed E-state index contributed by atoms with van der Waals surface area (Å²) in [6.45, 7) is 11.7. The van der Waals surface area contributed by atoms with Crippen molar-refractivity contribution in [2.45, 2.75) is 64.7 Å². The lowest BCUT2D eigenvalue weighted by atomic mass is 9.82. The molecule has 1 aromatic carbocycles. The molecule has 0 saturated carbocycles. The van der Waals surface area contributed by atoms with E-state index in [-0.39, 0.29) is 10.8 Å². The van der Waals surface area contributed by atoms with E-state index >= 15 is 0 Å². The zero-order valence-corrected chi connectivity index (χ0v) is 14.9. The second kappa shape index (κ2) is 5.67. The molecular formula is C21H27NO. The van der Waals surface area contributed by atoms with Crippen LogP contribution in [0.4, 0.5) is 0 Å². The van der Waals surface area contributed by atoms with Gasteiger partial charge in [-0.3, -0.25) is 0 Å². The molecule has 0 spiro atoms. The fourth-order valence-electron chi connectivity index (χ4n) is 4.20. The van der Waals surface area contributed by atoms with Crippen molar-refractivity contribution in [2.24, 2.45) is 0 Å². The van der Waals surface area contributed by atoms with E-state index in [9.17, 15) is 0 Å². The molecule has 2 aromatic rings. The van der Waals surface area contributed by atoms with Gasteiger partial charge in [0.15, 0.2) is 5.76 Å². The maximum absolute atomic E-state index is 5.18. The molecule has 0 bridgehead atoms. The summed E-state index contributed by atoms with van der Waals surface area (Å²) in [5.74, 6) is 0.799. The SMILES string of the molecule is CCCc1cc2c(cc1C=Cc1ccno1)C(C)(C)CC2(C)C. The van der Waals surface area contributed by atoms with Crippen LogP contribution < -0.4 is 0 Å². The lowest BCUT2D eigenvalue weighted by Gasteiger charge is -2.22. The first-order valence-electron chi connectivity index (χ1n) is 8.60. The minimum Gasteiger partial charge on any atom is -0.357 e. The summed E-state index contributed by atoms with van der Waals surface area (Å²) in [6, 6.07) is 6.74. The van der Waals surface area contributed by atoms with Crippen LogP contribution in [0.3, 0.4) is 0 Å². The van der Waals surface area contributed by atoms with Crippen molar-refractivity contribution in [3.05, 3.63) is 52.4 Å². The van der Waals surface area contributed by atoms with Crippen molar-refractivity contribution in [2.75, 3.05) is 0 Å². The molecule has 0 aliphatic heterocycles. The fraction of sp³-hybridized carbons (Fsp3) is 0.476. The van der Waals surface area contributed by atoms with Gasteiger partial charge < -0.3 is 4.52 Å². The first-order chi connectivity index (χ1) is 10.8. The lowest BCUT2D eigenvalue weighted by molar-refractivity contribution is 0.403. The highest BCUT2D eigenvalue weighted by molar-refractivity contribution is 5.71. The molecule has 1 heterocycles. The molecule has 23 heavy (non-hydrogen) atoms. The number of fused-ring (bicyclic) bond motifs is 1. The molecule has 2 nitrogen and oxygen atoms in total. The van der Waals surface area contributed by atoms with Crippen LogP contribution in [-0.2, 0) is 17.3 Å². The molecule has 0 amide bonds. The Kier molecular flexibility index (Phi) is 3.95. The van der Waals surface area contributed by atoms with Crippen LogP contribution >= 0.6 is 0 Å². The van der Waals surface area contributed by atoms with E-state index in [1.165, 1.54) is 28.7 Å². The van der Waals surface area contributed by atoms with E-state index in [0.717, 1.165) is 18.6 Å². The van der Waals surface area contributed by atoms with Crippen molar-refractivity contribution >= 4 is 12.2 Å². The maximum atomic E-state index is 5.18. The molecule has 0 N–H and O–H groups in total. The highest BCUT2D eigenvalue weighted by Gasteiger charge is 2.42. The molecule has 1 aromatic heterocycles. The summed E-state index contributed by atoms with van der Waals surface area (Å²) in [5, 5.41) is 3.77. The van der Waals surface area contributed by atoms with E-state index in [2.05, 4.69) is 58.0 Å². The van der Waals surface area contributed by atoms with Crippen LogP contribution in [0.5, 0.6) is 0 Å². The number of hydrogen-bond donors (Lipinski definition) is 0. The highest BCUT2D eigenvalue weighted by atomic mass is 16.5. The summed E-state index contributed by atoms with van der Waals surface area (Å²) < 4.78 is 5.18. The topological polar surface area (TPSA) is 26.0 Å². The van der Waals surface area contributed by atoms with Crippen LogP contribution in [0.15, 0.2) is 28.9 Å². The summed E-state index contributed by atoms with van der Waals surface area (Å²) in [5.41, 5.74) is 6.27. The smallest absolute Gasteiger partial charge is 0.159 e. The van der Waals surface area contributed by atoms with E-state index in [0.29, 0.717) is 0 Å². The second-order valence-corrected chi connectivity index (χ2v) is 8.04. The predicted octanol–water partition coefficient (Wildman–Crippen LogP) is 5.76. The third-order valence-corrected chi connectivity index (χ3v) is 5.03. The minimum atomic E-state index is 0.235. The Hall–Kier alpha value is -1.83. The first-order valence-corrected chi connectivity index (χ1v) is 8.60. The number of aryl methyl sites for hydroxylation is 1. The van der Waals surface area contributed by atoms with Gasteiger partial charge in [-0.15, -0.1) is 0 Å². The zero-order chi connectivity index (χ0) is 16.7. The normalized spacial score (nSPS) is 18.5. The van der Waals surface area contributed by atoms with Gasteiger partial charge in [0.25, 0.3) is 0 Å². The van der Waals surface area contributed by atoms with Crippen molar-refractivity contribution in [1.82, 2.24) is 5.16 Å². The lowest BCUT2D eigenvalue weighted by Crippen LogP contribution is -2.18. The average Bonchev–Trinajstić information content (AvgIpc) is 3.02. The Morgan fingerprint density at radius 3 is 2.39 bits per heavy atom. The number of aromatic nitrogens is 1. The quantitative estimate of drug-likeness (QED) is 0.718. The summed E-state index contributed by atoms with van der Waals surface area (Å²) in [4.78, 5) is 0. The van der Waals surface area contributed by atoms with E-state index < -0.39 is 0 Å². The molecule has 0 fully saturated rings. The van der Waals surface area contributed by atoms with E-state index in [4.69, 9.17) is 4.52 Å². The maximum Gasteiger partial charge on any atom is 0.159 e. The Morgan fingerprint density at radius 1 is 1.09 bits per heavy atom. The number of hydrogen-bond acceptors (Lipinski definition) is 2. The molecule has 1 aliphatic rings. The fourth-order valence-corrected chi connectivity index (χ4v) is 4.20. The zero-order valence-electron chi connectivity index (χ0n) is 14.9. The van der Waals surface area contributed by atoms with Gasteiger partial charge in [0.2, 0.25) is 0 Å². The third kappa shape index (κ3) is 2.99. The van der Waals surface area contributed by atoms with Crippen molar-refractivity contribution in [3.8, 4) is 0 Å². The summed E-state index contributed by atoms with van der Waals surface area (Å²) >= 11 is 0. The molecule has 2 heteroatoms. The molecule has 3 rings (SSSR count). The van der Waals surface area contributed by atoms with E-state index in [1.54, 1.807) is 6.20 Å². The molecule has 0 radical (unpaired) electrons. The van der Waals surface area contributed by atoms with Crippen LogP contribution in [0.2, 0.25) is 0 Å². The van der Waals surface area contributed by atoms with Crippen molar-refractivity contribution in [3.63, 3.8) is 0 Å². The van der Waals surface area contributed by atoms with Crippen molar-refractivity contribution < 1.29 is 4.52 Å². The molecule has 0 atom stereocenters. The Morgan fingerprint density at radius 2 is 1.78 bits per heavy atom. The predicted molar refractivity (Wildman–Crippen MR) is 96.5 cm³/mol. The molecule has 1 aliphatic carbocycles. The Labute approximate surface area is 139 Å². The van der Waals surface area contributed by atoms with E-state index in [1.807, 2.05) is 12.1 Å². The van der Waals surface area contributed by atoms with Gasteiger partial charge in [-0.25, -0.2) is 0 Å². The summed E-state index contributed by atoms with van der Waals surface area (Å²) in [6.07, 6.45) is 9.34. The number of nitrogens with zero attached hydrogens (tertiary/aromatic N) is 1. The highest BCUT2D eigenvalue weighted by Crippen LogP contribution is 2.50. The van der Waals surface area contributed by atoms with Gasteiger partial charge in [0.1, 0.15) is 0 Å². The molecule has 0 unspecified atom stereocenters. The van der Waals surface area contributed by atoms with Crippen LogP contribution in [0.25, 0.3) is 12.2 Å². The summed E-state index contributed by atoms with van der Waals surface area (Å²) in [7, 11) is 0. The Bertz CT molecular complexity index is 721. The van der Waals surface area contributed by atoms with Gasteiger partial charge in [-0.1, -0.05) is 64.4 Å². The third-order valence-electron chi connectivity index (χ3n) is 5.03. The van der Waals surface area contributed by atoms with Crippen LogP contribution in [0, 0.1) is 0 Å². The van der Waals surface area contributed by atoms with Gasteiger partial charge >= 0.3 is 0 Å². The molecule has 0 saturated heterocycles. The standard InChI is InChI=1S/C21H27NO/c1-6-7-15-12-18-19(21(4,5)14-20(18,2)3)13-16(15)8-9-17-10-11-22-23-17/h8-13H,6-7,14H2,1-5H3. The largest absolute Gasteiger partial charge is 0.357 e. The monoisotopic (exact) mass is 309 g/mol. The van der Waals surface area contributed by atoms with Gasteiger partial charge in [-0.2, -0.15) is 0 Å². The second-order valence-electron chi connectivity index (χ2n) is 8.04. The molecular weight excluding hydrogens is 282 g/mol. The average molecular weight is 309 g/mol. The first kappa shape index (κ1) is 16.0. The number of rotatable bonds is 4. The van der Waals surface area contributed by atoms with Crippen LogP contribution in [0.1, 0.15) is 75.5 Å². The van der Waals surface area contributed by atoms with Crippen molar-refractivity contribution in [1.29, 1.82) is 0 Å². The van der Waals surface area contributed by atoms with Crippen LogP contribution in [-0.4, -0.2) is 5.16 Å². The minimum absolute atomic E-state index is 0.235. The van der Waals surface area contributed by atoms with Gasteiger partial charge in [0, 0.05) is 6.07 Å². The number of benzene rings is 1. The molecule has 122 valence electrons. The Balaban J connectivity index is 2.09.